The van der Waals surface area contributed by atoms with Crippen molar-refractivity contribution in [2.45, 2.75) is 25.0 Å². The molecule has 118 valence electrons. The first-order valence-corrected chi connectivity index (χ1v) is 7.46. The molecule has 1 fully saturated rings. The minimum Gasteiger partial charge on any atom is -0.480 e. The van der Waals surface area contributed by atoms with Crippen molar-refractivity contribution in [3.05, 3.63) is 35.4 Å². The molecule has 0 bridgehead atoms. The summed E-state index contributed by atoms with van der Waals surface area (Å²) < 4.78 is 10.9. The molecule has 0 aliphatic carbocycles. The summed E-state index contributed by atoms with van der Waals surface area (Å²) in [5.74, 6) is -1.23. The van der Waals surface area contributed by atoms with Crippen molar-refractivity contribution >= 4 is 11.9 Å². The van der Waals surface area contributed by atoms with Gasteiger partial charge in [-0.15, -0.1) is 0 Å². The number of benzene rings is 1. The summed E-state index contributed by atoms with van der Waals surface area (Å²) in [6.07, 6.45) is 0.714. The number of fused-ring (bicyclic) bond motifs is 1. The smallest absolute Gasteiger partial charge is 0.328 e. The van der Waals surface area contributed by atoms with Crippen LogP contribution >= 0.6 is 0 Å². The van der Waals surface area contributed by atoms with Gasteiger partial charge in [0.2, 0.25) is 5.91 Å². The summed E-state index contributed by atoms with van der Waals surface area (Å²) in [5.41, 5.74) is 2.23. The Labute approximate surface area is 128 Å². The Balaban J connectivity index is 1.73. The molecular formula is C16H19NO5. The molecule has 1 aromatic rings. The molecule has 0 spiro atoms. The van der Waals surface area contributed by atoms with Crippen molar-refractivity contribution in [1.29, 1.82) is 0 Å². The average Bonchev–Trinajstić information content (AvgIpc) is 2.55. The van der Waals surface area contributed by atoms with Crippen LogP contribution in [0.5, 0.6) is 0 Å². The SMILES string of the molecule is O=C(O)[C@@H]1COCCN1C(=O)C[C@H]1OCCc2ccccc21. The Kier molecular flexibility index (Phi) is 4.40. The number of ether oxygens (including phenoxy) is 2. The number of hydrogen-bond donors (Lipinski definition) is 1. The van der Waals surface area contributed by atoms with Crippen LogP contribution in [0, 0.1) is 0 Å². The van der Waals surface area contributed by atoms with Crippen LogP contribution < -0.4 is 0 Å². The summed E-state index contributed by atoms with van der Waals surface area (Å²) >= 11 is 0. The quantitative estimate of drug-likeness (QED) is 0.901. The van der Waals surface area contributed by atoms with Crippen LogP contribution in [-0.4, -0.2) is 54.3 Å². The van der Waals surface area contributed by atoms with Gasteiger partial charge in [-0.1, -0.05) is 24.3 Å². The molecule has 0 unspecified atom stereocenters. The van der Waals surface area contributed by atoms with Crippen molar-refractivity contribution < 1.29 is 24.2 Å². The van der Waals surface area contributed by atoms with Gasteiger partial charge in [0, 0.05) is 6.54 Å². The van der Waals surface area contributed by atoms with Gasteiger partial charge in [-0.05, 0) is 17.5 Å². The van der Waals surface area contributed by atoms with Gasteiger partial charge in [0.25, 0.3) is 0 Å². The lowest BCUT2D eigenvalue weighted by atomic mass is 9.95. The largest absolute Gasteiger partial charge is 0.480 e. The van der Waals surface area contributed by atoms with Crippen LogP contribution in [0.15, 0.2) is 24.3 Å². The fourth-order valence-electron chi connectivity index (χ4n) is 3.03. The maximum atomic E-state index is 12.5. The summed E-state index contributed by atoms with van der Waals surface area (Å²) in [4.78, 5) is 25.2. The fraction of sp³-hybridized carbons (Fsp3) is 0.500. The molecule has 2 heterocycles. The zero-order valence-electron chi connectivity index (χ0n) is 12.2. The van der Waals surface area contributed by atoms with Crippen molar-refractivity contribution in [2.24, 2.45) is 0 Å². The number of aliphatic carboxylic acids is 1. The van der Waals surface area contributed by atoms with Gasteiger partial charge in [0.05, 0.1) is 32.3 Å². The maximum Gasteiger partial charge on any atom is 0.328 e. The first-order valence-electron chi connectivity index (χ1n) is 7.46. The van der Waals surface area contributed by atoms with Crippen molar-refractivity contribution in [3.63, 3.8) is 0 Å². The van der Waals surface area contributed by atoms with E-state index in [0.717, 1.165) is 12.0 Å². The predicted molar refractivity (Wildman–Crippen MR) is 77.4 cm³/mol. The molecule has 3 rings (SSSR count). The average molecular weight is 305 g/mol. The monoisotopic (exact) mass is 305 g/mol. The lowest BCUT2D eigenvalue weighted by molar-refractivity contribution is -0.159. The molecule has 0 aromatic heterocycles. The second-order valence-electron chi connectivity index (χ2n) is 5.53. The van der Waals surface area contributed by atoms with E-state index in [-0.39, 0.29) is 25.0 Å². The third kappa shape index (κ3) is 2.98. The molecule has 2 aliphatic heterocycles. The summed E-state index contributed by atoms with van der Waals surface area (Å²) in [6, 6.07) is 7.02. The van der Waals surface area contributed by atoms with E-state index >= 15 is 0 Å². The number of rotatable bonds is 3. The van der Waals surface area contributed by atoms with E-state index in [1.807, 2.05) is 24.3 Å². The third-order valence-electron chi connectivity index (χ3n) is 4.19. The number of carboxylic acid groups (broad SMARTS) is 1. The summed E-state index contributed by atoms with van der Waals surface area (Å²) in [5, 5.41) is 9.22. The molecule has 1 amide bonds. The highest BCUT2D eigenvalue weighted by molar-refractivity contribution is 5.84. The van der Waals surface area contributed by atoms with Gasteiger partial charge in [-0.3, -0.25) is 4.79 Å². The number of amides is 1. The van der Waals surface area contributed by atoms with Gasteiger partial charge >= 0.3 is 5.97 Å². The second-order valence-corrected chi connectivity index (χ2v) is 5.53. The van der Waals surface area contributed by atoms with Crippen molar-refractivity contribution in [3.8, 4) is 0 Å². The van der Waals surface area contributed by atoms with E-state index in [4.69, 9.17) is 9.47 Å². The Bertz CT molecular complexity index is 573. The molecule has 6 heteroatoms. The standard InChI is InChI=1S/C16H19NO5/c18-15(17-6-8-21-10-13(17)16(19)20)9-14-12-4-2-1-3-11(12)5-7-22-14/h1-4,13-14H,5-10H2,(H,19,20)/t13-,14+/m0/s1. The van der Waals surface area contributed by atoms with Crippen LogP contribution in [0.1, 0.15) is 23.7 Å². The Morgan fingerprint density at radius 3 is 2.91 bits per heavy atom. The fourth-order valence-corrected chi connectivity index (χ4v) is 3.03. The van der Waals surface area contributed by atoms with E-state index in [1.165, 1.54) is 10.5 Å². The van der Waals surface area contributed by atoms with Gasteiger partial charge in [0.1, 0.15) is 0 Å². The second kappa shape index (κ2) is 6.46. The van der Waals surface area contributed by atoms with Crippen LogP contribution in [0.25, 0.3) is 0 Å². The van der Waals surface area contributed by atoms with E-state index in [2.05, 4.69) is 0 Å². The highest BCUT2D eigenvalue weighted by Gasteiger charge is 2.34. The lowest BCUT2D eigenvalue weighted by Crippen LogP contribution is -2.52. The molecule has 6 nitrogen and oxygen atoms in total. The van der Waals surface area contributed by atoms with E-state index < -0.39 is 12.0 Å². The summed E-state index contributed by atoms with van der Waals surface area (Å²) in [6.45, 7) is 1.31. The van der Waals surface area contributed by atoms with Gasteiger partial charge in [0.15, 0.2) is 6.04 Å². The molecule has 2 aliphatic rings. The number of morpholine rings is 1. The van der Waals surface area contributed by atoms with Gasteiger partial charge < -0.3 is 19.5 Å². The minimum absolute atomic E-state index is 0.0448. The molecular weight excluding hydrogens is 286 g/mol. The number of carboxylic acids is 1. The summed E-state index contributed by atoms with van der Waals surface area (Å²) in [7, 11) is 0. The first-order chi connectivity index (χ1) is 10.7. The van der Waals surface area contributed by atoms with E-state index in [0.29, 0.717) is 19.8 Å². The van der Waals surface area contributed by atoms with Gasteiger partial charge in [-0.25, -0.2) is 4.79 Å². The van der Waals surface area contributed by atoms with Crippen LogP contribution in [0.3, 0.4) is 0 Å². The maximum absolute atomic E-state index is 12.5. The van der Waals surface area contributed by atoms with E-state index in [9.17, 15) is 14.7 Å². The van der Waals surface area contributed by atoms with Crippen LogP contribution in [-0.2, 0) is 25.5 Å². The molecule has 1 N–H and O–H groups in total. The Hall–Kier alpha value is -1.92. The Morgan fingerprint density at radius 1 is 1.27 bits per heavy atom. The molecule has 2 atom stereocenters. The van der Waals surface area contributed by atoms with Crippen LogP contribution in [0.2, 0.25) is 0 Å². The molecule has 1 aromatic carbocycles. The minimum atomic E-state index is -1.03. The predicted octanol–water partition coefficient (Wildman–Crippen LogP) is 1.00. The third-order valence-corrected chi connectivity index (χ3v) is 4.19. The lowest BCUT2D eigenvalue weighted by Gasteiger charge is -2.34. The number of hydrogen-bond acceptors (Lipinski definition) is 4. The van der Waals surface area contributed by atoms with Gasteiger partial charge in [-0.2, -0.15) is 0 Å². The zero-order valence-corrected chi connectivity index (χ0v) is 12.2. The van der Waals surface area contributed by atoms with Crippen molar-refractivity contribution in [1.82, 2.24) is 4.90 Å². The molecule has 22 heavy (non-hydrogen) atoms. The van der Waals surface area contributed by atoms with Crippen LogP contribution in [0.4, 0.5) is 0 Å². The number of carbonyl (C=O) groups excluding carboxylic acids is 1. The Morgan fingerprint density at radius 2 is 2.09 bits per heavy atom. The topological polar surface area (TPSA) is 76.1 Å². The molecule has 1 saturated heterocycles. The number of carbonyl (C=O) groups is 2. The highest BCUT2D eigenvalue weighted by Crippen LogP contribution is 2.30. The number of nitrogens with zero attached hydrogens (tertiary/aromatic N) is 1. The van der Waals surface area contributed by atoms with Crippen molar-refractivity contribution in [2.75, 3.05) is 26.4 Å². The first kappa shape index (κ1) is 15.0. The normalized spacial score (nSPS) is 24.6. The zero-order chi connectivity index (χ0) is 15.5. The molecule has 0 radical (unpaired) electrons. The highest BCUT2D eigenvalue weighted by atomic mass is 16.5. The molecule has 0 saturated carbocycles. The van der Waals surface area contributed by atoms with E-state index in [1.54, 1.807) is 0 Å².